The minimum absolute atomic E-state index is 0.170. The van der Waals surface area contributed by atoms with Crippen molar-refractivity contribution in [1.82, 2.24) is 0 Å². The molecule has 0 bridgehead atoms. The Morgan fingerprint density at radius 3 is 2.47 bits per heavy atom. The minimum atomic E-state index is -0.465. The van der Waals surface area contributed by atoms with Crippen LogP contribution < -0.4 is 0 Å². The van der Waals surface area contributed by atoms with E-state index in [-0.39, 0.29) is 11.4 Å². The Labute approximate surface area is 109 Å². The zero-order chi connectivity index (χ0) is 12.7. The van der Waals surface area contributed by atoms with Gasteiger partial charge in [-0.1, -0.05) is 35.0 Å². The molecule has 0 spiro atoms. The third-order valence-corrected chi connectivity index (χ3v) is 4.80. The summed E-state index contributed by atoms with van der Waals surface area (Å²) in [7, 11) is 1.36. The first kappa shape index (κ1) is 12.1. The lowest BCUT2D eigenvalue weighted by atomic mass is 9.95. The van der Waals surface area contributed by atoms with Crippen molar-refractivity contribution in [3.63, 3.8) is 0 Å². The fourth-order valence-corrected chi connectivity index (χ4v) is 2.82. The van der Waals surface area contributed by atoms with Crippen LogP contribution in [0.3, 0.4) is 0 Å². The van der Waals surface area contributed by atoms with Crippen molar-refractivity contribution >= 4 is 21.9 Å². The second-order valence-electron chi connectivity index (χ2n) is 4.49. The normalized spacial score (nSPS) is 30.5. The van der Waals surface area contributed by atoms with Crippen LogP contribution in [0.15, 0.2) is 24.3 Å². The lowest BCUT2D eigenvalue weighted by Gasteiger charge is -2.12. The van der Waals surface area contributed by atoms with E-state index in [2.05, 4.69) is 26.7 Å². The van der Waals surface area contributed by atoms with Gasteiger partial charge in [0.05, 0.1) is 18.7 Å². The standard InChI is InChI=1S/C13H12BrNO2/c1-12(7-13(12,14)8-15)10-5-3-9(4-6-10)11(16)17-2/h3-6H,7H2,1-2H3. The van der Waals surface area contributed by atoms with Gasteiger partial charge >= 0.3 is 5.97 Å². The molecule has 4 heteroatoms. The Kier molecular flexibility index (Phi) is 2.75. The van der Waals surface area contributed by atoms with E-state index in [1.807, 2.05) is 19.1 Å². The summed E-state index contributed by atoms with van der Waals surface area (Å²) >= 11 is 3.46. The van der Waals surface area contributed by atoms with Crippen LogP contribution in [0.25, 0.3) is 0 Å². The predicted octanol–water partition coefficient (Wildman–Crippen LogP) is 2.79. The van der Waals surface area contributed by atoms with E-state index in [4.69, 9.17) is 5.26 Å². The molecule has 1 aromatic rings. The summed E-state index contributed by atoms with van der Waals surface area (Å²) in [6.45, 7) is 2.04. The smallest absolute Gasteiger partial charge is 0.337 e. The van der Waals surface area contributed by atoms with Gasteiger partial charge in [0.2, 0.25) is 0 Å². The van der Waals surface area contributed by atoms with Crippen LogP contribution in [0.4, 0.5) is 0 Å². The van der Waals surface area contributed by atoms with E-state index >= 15 is 0 Å². The molecule has 3 nitrogen and oxygen atoms in total. The summed E-state index contributed by atoms with van der Waals surface area (Å²) in [6, 6.07) is 9.50. The highest BCUT2D eigenvalue weighted by molar-refractivity contribution is 9.10. The molecule has 0 saturated heterocycles. The maximum atomic E-state index is 11.3. The second kappa shape index (κ2) is 3.85. The highest BCUT2D eigenvalue weighted by Crippen LogP contribution is 2.62. The average molecular weight is 294 g/mol. The fraction of sp³-hybridized carbons (Fsp3) is 0.385. The molecule has 0 N–H and O–H groups in total. The molecular weight excluding hydrogens is 282 g/mol. The molecule has 0 aliphatic heterocycles. The lowest BCUT2D eigenvalue weighted by molar-refractivity contribution is 0.0600. The van der Waals surface area contributed by atoms with E-state index in [0.29, 0.717) is 5.56 Å². The predicted molar refractivity (Wildman–Crippen MR) is 67.0 cm³/mol. The average Bonchev–Trinajstić information content (AvgIpc) is 2.93. The van der Waals surface area contributed by atoms with Crippen LogP contribution in [0.5, 0.6) is 0 Å². The molecule has 0 radical (unpaired) electrons. The molecular formula is C13H12BrNO2. The zero-order valence-corrected chi connectivity index (χ0v) is 11.2. The van der Waals surface area contributed by atoms with E-state index < -0.39 is 4.32 Å². The number of methoxy groups -OCH3 is 1. The number of carbonyl (C=O) groups is 1. The maximum absolute atomic E-state index is 11.3. The first-order valence-electron chi connectivity index (χ1n) is 5.26. The third-order valence-electron chi connectivity index (χ3n) is 3.47. The Morgan fingerprint density at radius 2 is 2.06 bits per heavy atom. The first-order chi connectivity index (χ1) is 7.97. The zero-order valence-electron chi connectivity index (χ0n) is 9.66. The van der Waals surface area contributed by atoms with Gasteiger partial charge in [0.1, 0.15) is 4.32 Å². The molecule has 1 aliphatic carbocycles. The molecule has 1 saturated carbocycles. The molecule has 1 aromatic carbocycles. The van der Waals surface area contributed by atoms with E-state index in [0.717, 1.165) is 12.0 Å². The molecule has 0 amide bonds. The summed E-state index contributed by atoms with van der Waals surface area (Å²) in [5.41, 5.74) is 1.41. The molecule has 88 valence electrons. The van der Waals surface area contributed by atoms with Crippen molar-refractivity contribution in [3.8, 4) is 6.07 Å². The maximum Gasteiger partial charge on any atom is 0.337 e. The topological polar surface area (TPSA) is 50.1 Å². The number of hydrogen-bond donors (Lipinski definition) is 0. The van der Waals surface area contributed by atoms with Crippen LogP contribution in [-0.2, 0) is 10.2 Å². The molecule has 1 fully saturated rings. The van der Waals surface area contributed by atoms with Crippen molar-refractivity contribution in [1.29, 1.82) is 5.26 Å². The number of halogens is 1. The van der Waals surface area contributed by atoms with Gasteiger partial charge in [0.25, 0.3) is 0 Å². The van der Waals surface area contributed by atoms with Crippen molar-refractivity contribution in [3.05, 3.63) is 35.4 Å². The summed E-state index contributed by atoms with van der Waals surface area (Å²) in [5.74, 6) is -0.345. The highest BCUT2D eigenvalue weighted by atomic mass is 79.9. The number of hydrogen-bond acceptors (Lipinski definition) is 3. The number of nitrogens with zero attached hydrogens (tertiary/aromatic N) is 1. The van der Waals surface area contributed by atoms with Crippen LogP contribution in [-0.4, -0.2) is 17.4 Å². The fourth-order valence-electron chi connectivity index (χ4n) is 2.03. The number of carbonyl (C=O) groups excluding carboxylic acids is 1. The van der Waals surface area contributed by atoms with Crippen LogP contribution in [0, 0.1) is 11.3 Å². The molecule has 1 aliphatic rings. The SMILES string of the molecule is COC(=O)c1ccc(C2(C)CC2(Br)C#N)cc1. The van der Waals surface area contributed by atoms with Crippen molar-refractivity contribution in [2.75, 3.05) is 7.11 Å². The third kappa shape index (κ3) is 1.75. The van der Waals surface area contributed by atoms with E-state index in [1.165, 1.54) is 7.11 Å². The minimum Gasteiger partial charge on any atom is -0.465 e. The number of esters is 1. The monoisotopic (exact) mass is 293 g/mol. The van der Waals surface area contributed by atoms with Gasteiger partial charge in [-0.05, 0) is 24.1 Å². The number of alkyl halides is 1. The van der Waals surface area contributed by atoms with Gasteiger partial charge in [-0.15, -0.1) is 0 Å². The van der Waals surface area contributed by atoms with Gasteiger partial charge in [-0.25, -0.2) is 4.79 Å². The number of benzene rings is 1. The molecule has 0 aromatic heterocycles. The van der Waals surface area contributed by atoms with Crippen molar-refractivity contribution in [2.24, 2.45) is 0 Å². The molecule has 0 heterocycles. The second-order valence-corrected chi connectivity index (χ2v) is 5.84. The van der Waals surface area contributed by atoms with Crippen molar-refractivity contribution in [2.45, 2.75) is 23.1 Å². The first-order valence-corrected chi connectivity index (χ1v) is 6.05. The number of ether oxygens (including phenoxy) is 1. The van der Waals surface area contributed by atoms with Gasteiger partial charge in [0.15, 0.2) is 0 Å². The van der Waals surface area contributed by atoms with Gasteiger partial charge < -0.3 is 4.74 Å². The molecule has 2 unspecified atom stereocenters. The van der Waals surface area contributed by atoms with Gasteiger partial charge in [0, 0.05) is 5.41 Å². The Balaban J connectivity index is 2.27. The van der Waals surface area contributed by atoms with Gasteiger partial charge in [-0.3, -0.25) is 0 Å². The number of rotatable bonds is 2. The van der Waals surface area contributed by atoms with Crippen LogP contribution in [0.1, 0.15) is 29.3 Å². The Hall–Kier alpha value is -1.34. The highest BCUT2D eigenvalue weighted by Gasteiger charge is 2.64. The largest absolute Gasteiger partial charge is 0.465 e. The Bertz CT molecular complexity index is 505. The Morgan fingerprint density at radius 1 is 1.47 bits per heavy atom. The van der Waals surface area contributed by atoms with E-state index in [1.54, 1.807) is 12.1 Å². The molecule has 2 atom stereocenters. The van der Waals surface area contributed by atoms with Crippen molar-refractivity contribution < 1.29 is 9.53 Å². The summed E-state index contributed by atoms with van der Waals surface area (Å²) in [4.78, 5) is 11.3. The molecule has 2 rings (SSSR count). The van der Waals surface area contributed by atoms with Crippen LogP contribution in [0.2, 0.25) is 0 Å². The molecule has 17 heavy (non-hydrogen) atoms. The van der Waals surface area contributed by atoms with Gasteiger partial charge in [-0.2, -0.15) is 5.26 Å². The number of nitriles is 1. The lowest BCUT2D eigenvalue weighted by Crippen LogP contribution is -2.13. The summed E-state index contributed by atoms with van der Waals surface area (Å²) < 4.78 is 4.17. The quantitative estimate of drug-likeness (QED) is 0.622. The van der Waals surface area contributed by atoms with E-state index in [9.17, 15) is 4.79 Å². The van der Waals surface area contributed by atoms with Crippen LogP contribution >= 0.6 is 15.9 Å². The summed E-state index contributed by atoms with van der Waals surface area (Å²) in [6.07, 6.45) is 0.786. The summed E-state index contributed by atoms with van der Waals surface area (Å²) in [5, 5.41) is 9.07.